The fraction of sp³-hybridized carbons (Fsp3) is 0.333. The van der Waals surface area contributed by atoms with E-state index in [0.717, 1.165) is 46.7 Å². The third kappa shape index (κ3) is 3.35. The van der Waals surface area contributed by atoms with Crippen LogP contribution in [0.5, 0.6) is 0 Å². The molecular formula is C24H28N2O2. The van der Waals surface area contributed by atoms with E-state index in [0.29, 0.717) is 11.3 Å². The molecule has 0 aliphatic carbocycles. The Kier molecular flexibility index (Phi) is 5.41. The summed E-state index contributed by atoms with van der Waals surface area (Å²) in [7, 11) is 0. The Morgan fingerprint density at radius 3 is 2.04 bits per heavy atom. The van der Waals surface area contributed by atoms with Crippen molar-refractivity contribution in [1.29, 1.82) is 0 Å². The highest BCUT2D eigenvalue weighted by Gasteiger charge is 2.24. The Bertz CT molecular complexity index is 1100. The van der Waals surface area contributed by atoms with Crippen LogP contribution in [0, 0.1) is 27.7 Å². The molecule has 3 rings (SSSR count). The van der Waals surface area contributed by atoms with E-state index in [4.69, 9.17) is 0 Å². The van der Waals surface area contributed by atoms with Crippen LogP contribution in [0.15, 0.2) is 39.9 Å². The second-order valence-electron chi connectivity index (χ2n) is 7.46. The SMILES string of the molecule is CCN(CC)c1ccc(Nc2c(-c3cc(C)c(C)cc3C)c(=O)c2=O)c(C)c1. The fourth-order valence-corrected chi connectivity index (χ4v) is 3.71. The molecule has 146 valence electrons. The maximum Gasteiger partial charge on any atom is 0.250 e. The van der Waals surface area contributed by atoms with Gasteiger partial charge in [-0.3, -0.25) is 9.59 Å². The zero-order valence-electron chi connectivity index (χ0n) is 17.6. The molecule has 0 saturated carbocycles. The van der Waals surface area contributed by atoms with E-state index >= 15 is 0 Å². The molecule has 0 aliphatic rings. The lowest BCUT2D eigenvalue weighted by Crippen LogP contribution is -2.35. The number of aryl methyl sites for hydroxylation is 4. The highest BCUT2D eigenvalue weighted by atomic mass is 16.2. The van der Waals surface area contributed by atoms with Crippen molar-refractivity contribution in [1.82, 2.24) is 0 Å². The molecule has 28 heavy (non-hydrogen) atoms. The van der Waals surface area contributed by atoms with Crippen LogP contribution in [-0.4, -0.2) is 13.1 Å². The van der Waals surface area contributed by atoms with Gasteiger partial charge in [-0.05, 0) is 87.6 Å². The lowest BCUT2D eigenvalue weighted by Gasteiger charge is -2.23. The summed E-state index contributed by atoms with van der Waals surface area (Å²) in [6.45, 7) is 14.2. The lowest BCUT2D eigenvalue weighted by molar-refractivity contribution is 0.866. The second kappa shape index (κ2) is 7.63. The molecule has 0 radical (unpaired) electrons. The number of benzene rings is 2. The van der Waals surface area contributed by atoms with Crippen molar-refractivity contribution in [3.63, 3.8) is 0 Å². The van der Waals surface area contributed by atoms with Crippen LogP contribution in [0.2, 0.25) is 0 Å². The topological polar surface area (TPSA) is 49.4 Å². The molecule has 0 aliphatic heterocycles. The van der Waals surface area contributed by atoms with Gasteiger partial charge in [-0.25, -0.2) is 0 Å². The molecule has 1 N–H and O–H groups in total. The average molecular weight is 377 g/mol. The largest absolute Gasteiger partial charge is 0.372 e. The molecule has 0 amide bonds. The van der Waals surface area contributed by atoms with Crippen molar-refractivity contribution in [3.05, 3.63) is 73.0 Å². The van der Waals surface area contributed by atoms with Gasteiger partial charge in [0.1, 0.15) is 5.69 Å². The van der Waals surface area contributed by atoms with E-state index in [1.807, 2.05) is 39.8 Å². The molecule has 0 saturated heterocycles. The smallest absolute Gasteiger partial charge is 0.250 e. The van der Waals surface area contributed by atoms with Gasteiger partial charge in [-0.15, -0.1) is 0 Å². The summed E-state index contributed by atoms with van der Waals surface area (Å²) >= 11 is 0. The third-order valence-electron chi connectivity index (χ3n) is 5.62. The van der Waals surface area contributed by atoms with E-state index in [2.05, 4.69) is 42.3 Å². The Morgan fingerprint density at radius 2 is 1.43 bits per heavy atom. The maximum absolute atomic E-state index is 12.4. The monoisotopic (exact) mass is 376 g/mol. The summed E-state index contributed by atoms with van der Waals surface area (Å²) < 4.78 is 0. The van der Waals surface area contributed by atoms with Crippen LogP contribution in [0.3, 0.4) is 0 Å². The summed E-state index contributed by atoms with van der Waals surface area (Å²) in [5.74, 6) is 0. The Hall–Kier alpha value is -2.88. The molecule has 3 aromatic carbocycles. The van der Waals surface area contributed by atoms with Gasteiger partial charge in [0.15, 0.2) is 0 Å². The third-order valence-corrected chi connectivity index (χ3v) is 5.62. The van der Waals surface area contributed by atoms with Gasteiger partial charge in [0, 0.05) is 24.5 Å². The van der Waals surface area contributed by atoms with Crippen LogP contribution >= 0.6 is 0 Å². The highest BCUT2D eigenvalue weighted by Crippen LogP contribution is 2.32. The van der Waals surface area contributed by atoms with Crippen LogP contribution in [0.1, 0.15) is 36.1 Å². The Balaban J connectivity index is 2.00. The predicted octanol–water partition coefficient (Wildman–Crippen LogP) is 4.77. The van der Waals surface area contributed by atoms with Gasteiger partial charge < -0.3 is 10.2 Å². The molecule has 4 nitrogen and oxygen atoms in total. The minimum Gasteiger partial charge on any atom is -0.372 e. The minimum absolute atomic E-state index is 0.398. The first-order valence-electron chi connectivity index (χ1n) is 9.82. The molecule has 0 spiro atoms. The Morgan fingerprint density at radius 1 is 0.786 bits per heavy atom. The van der Waals surface area contributed by atoms with E-state index in [9.17, 15) is 9.59 Å². The van der Waals surface area contributed by atoms with E-state index < -0.39 is 10.9 Å². The van der Waals surface area contributed by atoms with Gasteiger partial charge in [0.2, 0.25) is 5.43 Å². The normalized spacial score (nSPS) is 11.1. The lowest BCUT2D eigenvalue weighted by atomic mass is 9.91. The fourth-order valence-electron chi connectivity index (χ4n) is 3.71. The van der Waals surface area contributed by atoms with Crippen molar-refractivity contribution in [2.24, 2.45) is 0 Å². The predicted molar refractivity (Wildman–Crippen MR) is 119 cm³/mol. The average Bonchev–Trinajstić information content (AvgIpc) is 2.67. The second-order valence-corrected chi connectivity index (χ2v) is 7.46. The summed E-state index contributed by atoms with van der Waals surface area (Å²) in [4.78, 5) is 27.0. The number of rotatable bonds is 6. The van der Waals surface area contributed by atoms with Gasteiger partial charge in [-0.1, -0.05) is 12.1 Å². The number of hydrogen-bond donors (Lipinski definition) is 1. The zero-order valence-corrected chi connectivity index (χ0v) is 17.6. The molecule has 0 atom stereocenters. The molecular weight excluding hydrogens is 348 g/mol. The van der Waals surface area contributed by atoms with Crippen molar-refractivity contribution in [3.8, 4) is 11.1 Å². The zero-order chi connectivity index (χ0) is 20.6. The number of anilines is 3. The van der Waals surface area contributed by atoms with Crippen molar-refractivity contribution in [2.75, 3.05) is 23.3 Å². The van der Waals surface area contributed by atoms with Gasteiger partial charge in [-0.2, -0.15) is 0 Å². The van der Waals surface area contributed by atoms with Crippen LogP contribution in [0.4, 0.5) is 17.1 Å². The summed E-state index contributed by atoms with van der Waals surface area (Å²) in [5.41, 5.74) is 7.23. The first-order chi connectivity index (χ1) is 13.3. The van der Waals surface area contributed by atoms with Crippen LogP contribution in [-0.2, 0) is 0 Å². The maximum atomic E-state index is 12.4. The molecule has 4 heteroatoms. The van der Waals surface area contributed by atoms with E-state index in [1.54, 1.807) is 0 Å². The van der Waals surface area contributed by atoms with Gasteiger partial charge in [0.25, 0.3) is 5.43 Å². The molecule has 0 bridgehead atoms. The van der Waals surface area contributed by atoms with Crippen LogP contribution < -0.4 is 21.1 Å². The quantitative estimate of drug-likeness (QED) is 0.630. The molecule has 0 aromatic heterocycles. The molecule has 0 fully saturated rings. The number of hydrogen-bond acceptors (Lipinski definition) is 4. The van der Waals surface area contributed by atoms with Gasteiger partial charge >= 0.3 is 0 Å². The first-order valence-corrected chi connectivity index (χ1v) is 9.82. The summed E-state index contributed by atoms with van der Waals surface area (Å²) in [6.07, 6.45) is 0. The number of nitrogens with zero attached hydrogens (tertiary/aromatic N) is 1. The van der Waals surface area contributed by atoms with Gasteiger partial charge in [0.05, 0.1) is 5.56 Å². The summed E-state index contributed by atoms with van der Waals surface area (Å²) in [5, 5.41) is 3.23. The van der Waals surface area contributed by atoms with Crippen molar-refractivity contribution >= 4 is 17.1 Å². The number of nitrogens with one attached hydrogen (secondary N) is 1. The first kappa shape index (κ1) is 19.9. The van der Waals surface area contributed by atoms with E-state index in [1.165, 1.54) is 5.56 Å². The molecule has 0 unspecified atom stereocenters. The minimum atomic E-state index is -0.445. The molecule has 0 heterocycles. The molecule has 3 aromatic rings. The highest BCUT2D eigenvalue weighted by molar-refractivity contribution is 5.87. The van der Waals surface area contributed by atoms with Crippen molar-refractivity contribution in [2.45, 2.75) is 41.5 Å². The van der Waals surface area contributed by atoms with E-state index in [-0.39, 0.29) is 0 Å². The summed E-state index contributed by atoms with van der Waals surface area (Å²) in [6, 6.07) is 10.2. The Labute approximate surface area is 166 Å². The van der Waals surface area contributed by atoms with Crippen LogP contribution in [0.25, 0.3) is 11.1 Å². The van der Waals surface area contributed by atoms with Crippen molar-refractivity contribution < 1.29 is 0 Å². The standard InChI is InChI=1S/C24H28N2O2/c1-7-26(8-2)18-9-10-20(17(6)12-18)25-22-21(23(27)24(22)28)19-13-15(4)14(3)11-16(19)5/h9-13,25H,7-8H2,1-6H3.